The average molecular weight is 988 g/mol. The van der Waals surface area contributed by atoms with Crippen molar-refractivity contribution in [1.29, 1.82) is 0 Å². The third-order valence-corrected chi connectivity index (χ3v) is 12.6. The SMILES string of the molecule is CC/C=C\C/C=C\C/C=C\C/C=C\C/C=C\C/C=C\CCC(=O)OC[C@@H](COC(=O)CCCCCCC/C=C\CCCCCCCC)OC(=O)CCCCCCCCC/C=C\CCCCCCCCCC. The van der Waals surface area contributed by atoms with Gasteiger partial charge in [0.1, 0.15) is 13.2 Å². The van der Waals surface area contributed by atoms with E-state index < -0.39 is 6.10 Å². The van der Waals surface area contributed by atoms with Crippen LogP contribution in [0.4, 0.5) is 0 Å². The number of hydrogen-bond donors (Lipinski definition) is 0. The van der Waals surface area contributed by atoms with Crippen LogP contribution in [0.5, 0.6) is 0 Å². The van der Waals surface area contributed by atoms with Crippen LogP contribution in [-0.2, 0) is 28.6 Å². The lowest BCUT2D eigenvalue weighted by Gasteiger charge is -2.18. The number of carbonyl (C=O) groups is 3. The summed E-state index contributed by atoms with van der Waals surface area (Å²) < 4.78 is 16.8. The Labute approximate surface area is 438 Å². The van der Waals surface area contributed by atoms with E-state index in [1.807, 2.05) is 6.08 Å². The highest BCUT2D eigenvalue weighted by molar-refractivity contribution is 5.71. The molecule has 0 aromatic heterocycles. The second kappa shape index (κ2) is 58.9. The van der Waals surface area contributed by atoms with Crippen LogP contribution in [0.25, 0.3) is 0 Å². The van der Waals surface area contributed by atoms with Gasteiger partial charge in [0.05, 0.1) is 0 Å². The molecule has 406 valence electrons. The predicted molar refractivity (Wildman–Crippen MR) is 307 cm³/mol. The Bertz CT molecular complexity index is 1410. The molecule has 0 N–H and O–H groups in total. The summed E-state index contributed by atoms with van der Waals surface area (Å²) in [5.41, 5.74) is 0. The number of rotatable bonds is 53. The van der Waals surface area contributed by atoms with Crippen molar-refractivity contribution in [1.82, 2.24) is 0 Å². The number of ether oxygens (including phenoxy) is 3. The molecule has 0 aromatic carbocycles. The number of hydrogen-bond acceptors (Lipinski definition) is 6. The lowest BCUT2D eigenvalue weighted by molar-refractivity contribution is -0.166. The molecule has 0 heterocycles. The zero-order valence-corrected chi connectivity index (χ0v) is 46.5. The third-order valence-electron chi connectivity index (χ3n) is 12.6. The largest absolute Gasteiger partial charge is 0.462 e. The molecule has 6 nitrogen and oxygen atoms in total. The summed E-state index contributed by atoms with van der Waals surface area (Å²) >= 11 is 0. The third kappa shape index (κ3) is 57.1. The zero-order chi connectivity index (χ0) is 51.4. The molecule has 0 saturated heterocycles. The minimum absolute atomic E-state index is 0.107. The van der Waals surface area contributed by atoms with E-state index in [1.54, 1.807) is 0 Å². The van der Waals surface area contributed by atoms with Gasteiger partial charge in [-0.1, -0.05) is 246 Å². The van der Waals surface area contributed by atoms with Crippen LogP contribution in [0.3, 0.4) is 0 Å². The fraction of sp³-hybridized carbons (Fsp3) is 0.708. The summed E-state index contributed by atoms with van der Waals surface area (Å²) in [6, 6.07) is 0. The Morgan fingerprint density at radius 2 is 0.577 bits per heavy atom. The van der Waals surface area contributed by atoms with Crippen LogP contribution in [0.1, 0.15) is 278 Å². The molecule has 0 rings (SSSR count). The minimum atomic E-state index is -0.815. The van der Waals surface area contributed by atoms with E-state index in [-0.39, 0.29) is 37.5 Å². The molecular formula is C65H110O6. The normalized spacial score (nSPS) is 12.8. The maximum atomic E-state index is 12.9. The first-order chi connectivity index (χ1) is 35.0. The Balaban J connectivity index is 4.50. The standard InChI is InChI=1S/C65H110O6/c1-4-7-10-13-16-19-22-25-28-30-32-34-37-40-43-46-49-52-55-58-64(67)70-61-62(60-69-63(66)57-54-51-48-45-42-39-36-27-24-21-18-15-12-9-6-3)71-65(68)59-56-53-50-47-44-41-38-35-33-31-29-26-23-20-17-14-11-8-5-2/h7,10,16,19,25,27-28,31-34,36,40,43,49,52,62H,4-6,8-9,11-15,17-18,20-24,26,29-30,35,37-39,41-42,44-48,50-51,53-61H2,1-3H3/b10-7-,19-16-,28-25-,33-31-,34-32-,36-27-,43-40-,52-49-/t62-/m1/s1. The Morgan fingerprint density at radius 3 is 0.944 bits per heavy atom. The summed E-state index contributed by atoms with van der Waals surface area (Å²) in [5.74, 6) is -1.00. The van der Waals surface area contributed by atoms with Gasteiger partial charge in [0.15, 0.2) is 6.10 Å². The molecule has 0 aliphatic rings. The van der Waals surface area contributed by atoms with Gasteiger partial charge in [0, 0.05) is 19.3 Å². The molecule has 0 aromatic rings. The second-order valence-electron chi connectivity index (χ2n) is 19.5. The van der Waals surface area contributed by atoms with Crippen molar-refractivity contribution in [3.63, 3.8) is 0 Å². The Hall–Kier alpha value is -3.67. The van der Waals surface area contributed by atoms with E-state index in [0.717, 1.165) is 89.9 Å². The molecule has 0 bridgehead atoms. The van der Waals surface area contributed by atoms with Crippen molar-refractivity contribution >= 4 is 17.9 Å². The Kier molecular flexibility index (Phi) is 55.9. The number of unbranched alkanes of at least 4 members (excludes halogenated alkanes) is 26. The van der Waals surface area contributed by atoms with E-state index in [1.165, 1.54) is 141 Å². The predicted octanol–water partition coefficient (Wildman–Crippen LogP) is 20.1. The summed E-state index contributed by atoms with van der Waals surface area (Å²) in [4.78, 5) is 38.2. The first-order valence-electron chi connectivity index (χ1n) is 29.7. The van der Waals surface area contributed by atoms with Crippen molar-refractivity contribution < 1.29 is 28.6 Å². The van der Waals surface area contributed by atoms with E-state index in [9.17, 15) is 14.4 Å². The number of carbonyl (C=O) groups excluding carboxylic acids is 3. The molecule has 6 heteroatoms. The van der Waals surface area contributed by atoms with Gasteiger partial charge in [0.2, 0.25) is 0 Å². The fourth-order valence-corrected chi connectivity index (χ4v) is 8.11. The van der Waals surface area contributed by atoms with Crippen LogP contribution in [0, 0.1) is 0 Å². The monoisotopic (exact) mass is 987 g/mol. The van der Waals surface area contributed by atoms with Crippen LogP contribution in [0.15, 0.2) is 97.2 Å². The van der Waals surface area contributed by atoms with Gasteiger partial charge >= 0.3 is 17.9 Å². The van der Waals surface area contributed by atoms with Crippen LogP contribution < -0.4 is 0 Å². The van der Waals surface area contributed by atoms with E-state index in [4.69, 9.17) is 14.2 Å². The van der Waals surface area contributed by atoms with Crippen molar-refractivity contribution in [2.24, 2.45) is 0 Å². The number of esters is 3. The maximum absolute atomic E-state index is 12.9. The summed E-state index contributed by atoms with van der Waals surface area (Å²) in [5, 5.41) is 0. The molecule has 0 aliphatic carbocycles. The highest BCUT2D eigenvalue weighted by atomic mass is 16.6. The van der Waals surface area contributed by atoms with Crippen LogP contribution in [0.2, 0.25) is 0 Å². The van der Waals surface area contributed by atoms with Crippen LogP contribution in [-0.4, -0.2) is 37.2 Å². The van der Waals surface area contributed by atoms with Gasteiger partial charge in [-0.05, 0) is 109 Å². The fourth-order valence-electron chi connectivity index (χ4n) is 8.11. The maximum Gasteiger partial charge on any atom is 0.306 e. The van der Waals surface area contributed by atoms with E-state index >= 15 is 0 Å². The van der Waals surface area contributed by atoms with E-state index in [0.29, 0.717) is 19.3 Å². The van der Waals surface area contributed by atoms with Crippen molar-refractivity contribution in [2.75, 3.05) is 13.2 Å². The minimum Gasteiger partial charge on any atom is -0.462 e. The average Bonchev–Trinajstić information content (AvgIpc) is 3.37. The summed E-state index contributed by atoms with van der Waals surface area (Å²) in [6.45, 7) is 6.46. The zero-order valence-electron chi connectivity index (χ0n) is 46.5. The first kappa shape index (κ1) is 67.3. The van der Waals surface area contributed by atoms with E-state index in [2.05, 4.69) is 112 Å². The molecule has 0 saturated carbocycles. The lowest BCUT2D eigenvalue weighted by atomic mass is 10.1. The van der Waals surface area contributed by atoms with Crippen molar-refractivity contribution in [3.8, 4) is 0 Å². The molecule has 0 aliphatic heterocycles. The Morgan fingerprint density at radius 1 is 0.296 bits per heavy atom. The second-order valence-corrected chi connectivity index (χ2v) is 19.5. The molecule has 1 atom stereocenters. The van der Waals surface area contributed by atoms with Gasteiger partial charge in [-0.2, -0.15) is 0 Å². The molecule has 0 spiro atoms. The van der Waals surface area contributed by atoms with Crippen molar-refractivity contribution in [2.45, 2.75) is 284 Å². The van der Waals surface area contributed by atoms with Crippen molar-refractivity contribution in [3.05, 3.63) is 97.2 Å². The highest BCUT2D eigenvalue weighted by Gasteiger charge is 2.19. The highest BCUT2D eigenvalue weighted by Crippen LogP contribution is 2.15. The quantitative estimate of drug-likeness (QED) is 0.0261. The topological polar surface area (TPSA) is 78.9 Å². The summed E-state index contributed by atoms with van der Waals surface area (Å²) in [6.07, 6.45) is 78.4. The van der Waals surface area contributed by atoms with Gasteiger partial charge in [0.25, 0.3) is 0 Å². The molecule has 0 amide bonds. The molecule has 0 fully saturated rings. The molecule has 0 unspecified atom stereocenters. The molecule has 0 radical (unpaired) electrons. The molecule has 71 heavy (non-hydrogen) atoms. The summed E-state index contributed by atoms with van der Waals surface area (Å²) in [7, 11) is 0. The van der Waals surface area contributed by atoms with Crippen LogP contribution >= 0.6 is 0 Å². The van der Waals surface area contributed by atoms with Gasteiger partial charge < -0.3 is 14.2 Å². The number of allylic oxidation sites excluding steroid dienone is 16. The molecular weight excluding hydrogens is 877 g/mol. The lowest BCUT2D eigenvalue weighted by Crippen LogP contribution is -2.30. The van der Waals surface area contributed by atoms with Gasteiger partial charge in [-0.3, -0.25) is 14.4 Å². The first-order valence-corrected chi connectivity index (χ1v) is 29.7. The van der Waals surface area contributed by atoms with Gasteiger partial charge in [-0.15, -0.1) is 0 Å². The van der Waals surface area contributed by atoms with Gasteiger partial charge in [-0.25, -0.2) is 0 Å². The smallest absolute Gasteiger partial charge is 0.306 e.